The van der Waals surface area contributed by atoms with E-state index in [1.54, 1.807) is 6.92 Å². The van der Waals surface area contributed by atoms with E-state index in [1.165, 1.54) is 12.1 Å². The highest BCUT2D eigenvalue weighted by Gasteiger charge is 2.36. The van der Waals surface area contributed by atoms with Crippen LogP contribution in [0.5, 0.6) is 5.75 Å². The number of hydrazine groups is 1. The van der Waals surface area contributed by atoms with E-state index in [2.05, 4.69) is 15.2 Å². The summed E-state index contributed by atoms with van der Waals surface area (Å²) in [6.45, 7) is 1.57. The number of carbonyl (C=O) groups is 1. The van der Waals surface area contributed by atoms with E-state index in [-0.39, 0.29) is 11.6 Å². The standard InChI is InChI=1S/C11H11F3N4O3/c1-10(16-9(21-18-10)8(19)17-15)6-2-4-7(5-3-6)20-11(12,13)14/h2-5,18H,15H2,1H3,(H,17,19). The molecule has 0 aromatic heterocycles. The van der Waals surface area contributed by atoms with Crippen LogP contribution in [0.4, 0.5) is 13.2 Å². The van der Waals surface area contributed by atoms with Gasteiger partial charge in [0.2, 0.25) is 0 Å². The first-order chi connectivity index (χ1) is 9.73. The first-order valence-electron chi connectivity index (χ1n) is 5.64. The van der Waals surface area contributed by atoms with Gasteiger partial charge in [0.1, 0.15) is 5.75 Å². The lowest BCUT2D eigenvalue weighted by Crippen LogP contribution is -2.37. The average Bonchev–Trinajstić information content (AvgIpc) is 2.81. The van der Waals surface area contributed by atoms with Gasteiger partial charge in [-0.1, -0.05) is 12.1 Å². The number of ether oxygens (including phenoxy) is 1. The lowest BCUT2D eigenvalue weighted by molar-refractivity contribution is -0.274. The fourth-order valence-corrected chi connectivity index (χ4v) is 1.66. The molecule has 1 aromatic carbocycles. The van der Waals surface area contributed by atoms with Gasteiger partial charge in [-0.2, -0.15) is 0 Å². The van der Waals surface area contributed by atoms with Crippen LogP contribution in [0.15, 0.2) is 29.3 Å². The number of hydrogen-bond donors (Lipinski definition) is 3. The van der Waals surface area contributed by atoms with Crippen molar-refractivity contribution in [3.8, 4) is 5.75 Å². The van der Waals surface area contributed by atoms with Crippen LogP contribution in [0.3, 0.4) is 0 Å². The smallest absolute Gasteiger partial charge is 0.406 e. The zero-order chi connectivity index (χ0) is 15.7. The molecule has 1 atom stereocenters. The van der Waals surface area contributed by atoms with E-state index in [0.29, 0.717) is 5.56 Å². The third kappa shape index (κ3) is 3.41. The van der Waals surface area contributed by atoms with Gasteiger partial charge in [0.05, 0.1) is 0 Å². The molecule has 1 aliphatic rings. The lowest BCUT2D eigenvalue weighted by atomic mass is 10.0. The number of hydroxylamine groups is 1. The van der Waals surface area contributed by atoms with Crippen LogP contribution in [-0.2, 0) is 15.3 Å². The molecule has 7 nitrogen and oxygen atoms in total. The number of alkyl halides is 3. The van der Waals surface area contributed by atoms with Crippen LogP contribution in [0, 0.1) is 0 Å². The Kier molecular flexibility index (Phi) is 3.75. The Hall–Kier alpha value is -2.33. The van der Waals surface area contributed by atoms with Crippen LogP contribution < -0.4 is 21.5 Å². The van der Waals surface area contributed by atoms with Gasteiger partial charge >= 0.3 is 18.2 Å². The van der Waals surface area contributed by atoms with Gasteiger partial charge in [0.15, 0.2) is 5.66 Å². The molecule has 0 fully saturated rings. The molecular weight excluding hydrogens is 293 g/mol. The quantitative estimate of drug-likeness (QED) is 0.433. The Morgan fingerprint density at radius 3 is 2.57 bits per heavy atom. The molecule has 10 heteroatoms. The molecule has 1 unspecified atom stereocenters. The maximum atomic E-state index is 12.1. The molecule has 0 spiro atoms. The maximum Gasteiger partial charge on any atom is 0.573 e. The predicted molar refractivity (Wildman–Crippen MR) is 64.5 cm³/mol. The topological polar surface area (TPSA) is 98.0 Å². The number of halogens is 3. The molecule has 1 heterocycles. The van der Waals surface area contributed by atoms with E-state index in [4.69, 9.17) is 10.7 Å². The molecule has 114 valence electrons. The minimum atomic E-state index is -4.76. The Balaban J connectivity index is 2.19. The van der Waals surface area contributed by atoms with Crippen molar-refractivity contribution in [3.63, 3.8) is 0 Å². The Bertz CT molecular complexity index is 573. The fourth-order valence-electron chi connectivity index (χ4n) is 1.66. The fraction of sp³-hybridized carbons (Fsp3) is 0.273. The maximum absolute atomic E-state index is 12.1. The summed E-state index contributed by atoms with van der Waals surface area (Å²) in [7, 11) is 0. The number of rotatable bonds is 3. The number of aliphatic imine (C=N–C) groups is 1. The second-order valence-corrected chi connectivity index (χ2v) is 4.24. The highest BCUT2D eigenvalue weighted by molar-refractivity contribution is 6.35. The highest BCUT2D eigenvalue weighted by Crippen LogP contribution is 2.29. The summed E-state index contributed by atoms with van der Waals surface area (Å²) in [5.41, 5.74) is 3.69. The van der Waals surface area contributed by atoms with E-state index < -0.39 is 17.9 Å². The molecule has 0 radical (unpaired) electrons. The molecule has 4 N–H and O–H groups in total. The van der Waals surface area contributed by atoms with Gasteiger partial charge in [0, 0.05) is 0 Å². The summed E-state index contributed by atoms with van der Waals surface area (Å²) in [6, 6.07) is 4.99. The van der Waals surface area contributed by atoms with Crippen LogP contribution in [0.2, 0.25) is 0 Å². The van der Waals surface area contributed by atoms with Crippen molar-refractivity contribution in [1.29, 1.82) is 0 Å². The number of benzene rings is 1. The first kappa shape index (κ1) is 15.1. The minimum Gasteiger partial charge on any atom is -0.406 e. The largest absolute Gasteiger partial charge is 0.573 e. The molecule has 1 amide bonds. The number of nitrogens with zero attached hydrogens (tertiary/aromatic N) is 1. The van der Waals surface area contributed by atoms with Crippen molar-refractivity contribution < 1.29 is 27.5 Å². The monoisotopic (exact) mass is 304 g/mol. The zero-order valence-corrected chi connectivity index (χ0v) is 10.7. The van der Waals surface area contributed by atoms with E-state index in [1.807, 2.05) is 5.43 Å². The normalized spacial score (nSPS) is 21.5. The minimum absolute atomic E-state index is 0.282. The summed E-state index contributed by atoms with van der Waals surface area (Å²) in [5.74, 6) is 3.57. The van der Waals surface area contributed by atoms with Gasteiger partial charge in [-0.3, -0.25) is 10.2 Å². The SMILES string of the molecule is CC1(c2ccc(OC(F)(F)F)cc2)N=C(C(=O)NN)ON1. The van der Waals surface area contributed by atoms with Crippen molar-refractivity contribution in [2.24, 2.45) is 10.8 Å². The van der Waals surface area contributed by atoms with Crippen LogP contribution in [-0.4, -0.2) is 18.2 Å². The van der Waals surface area contributed by atoms with E-state index in [9.17, 15) is 18.0 Å². The van der Waals surface area contributed by atoms with Crippen LogP contribution in [0.1, 0.15) is 12.5 Å². The molecule has 2 rings (SSSR count). The van der Waals surface area contributed by atoms with Gasteiger partial charge < -0.3 is 9.57 Å². The molecule has 0 aliphatic carbocycles. The molecule has 0 saturated carbocycles. The summed E-state index contributed by atoms with van der Waals surface area (Å²) in [6.07, 6.45) is -4.76. The molecular formula is C11H11F3N4O3. The molecule has 1 aromatic rings. The Morgan fingerprint density at radius 1 is 1.43 bits per heavy atom. The third-order valence-corrected chi connectivity index (χ3v) is 2.65. The van der Waals surface area contributed by atoms with Gasteiger partial charge in [0.25, 0.3) is 0 Å². The summed E-state index contributed by atoms with van der Waals surface area (Å²) in [5, 5.41) is 0. The van der Waals surface area contributed by atoms with Crippen molar-refractivity contribution in [2.45, 2.75) is 18.9 Å². The number of nitrogens with two attached hydrogens (primary N) is 1. The average molecular weight is 304 g/mol. The van der Waals surface area contributed by atoms with Crippen molar-refractivity contribution in [1.82, 2.24) is 10.9 Å². The molecule has 0 saturated heterocycles. The zero-order valence-electron chi connectivity index (χ0n) is 10.7. The first-order valence-corrected chi connectivity index (χ1v) is 5.64. The van der Waals surface area contributed by atoms with Gasteiger partial charge in [-0.15, -0.1) is 18.7 Å². The van der Waals surface area contributed by atoms with Crippen molar-refractivity contribution >= 4 is 11.8 Å². The number of carbonyl (C=O) groups excluding carboxylic acids is 1. The highest BCUT2D eigenvalue weighted by atomic mass is 19.4. The van der Waals surface area contributed by atoms with Gasteiger partial charge in [-0.05, 0) is 24.6 Å². The number of nitrogens with one attached hydrogen (secondary N) is 2. The molecule has 1 aliphatic heterocycles. The molecule has 0 bridgehead atoms. The Labute approximate surface area is 116 Å². The summed E-state index contributed by atoms with van der Waals surface area (Å²) < 4.78 is 40.0. The Morgan fingerprint density at radius 2 is 2.05 bits per heavy atom. The van der Waals surface area contributed by atoms with Crippen molar-refractivity contribution in [2.75, 3.05) is 0 Å². The van der Waals surface area contributed by atoms with E-state index in [0.717, 1.165) is 12.1 Å². The van der Waals surface area contributed by atoms with E-state index >= 15 is 0 Å². The van der Waals surface area contributed by atoms with Gasteiger partial charge in [-0.25, -0.2) is 10.8 Å². The second kappa shape index (κ2) is 5.22. The number of hydrogen-bond acceptors (Lipinski definition) is 6. The molecule has 21 heavy (non-hydrogen) atoms. The van der Waals surface area contributed by atoms with Crippen molar-refractivity contribution in [3.05, 3.63) is 29.8 Å². The summed E-state index contributed by atoms with van der Waals surface area (Å²) in [4.78, 5) is 20.1. The number of amides is 1. The lowest BCUT2D eigenvalue weighted by Gasteiger charge is -2.19. The van der Waals surface area contributed by atoms with Crippen LogP contribution in [0.25, 0.3) is 0 Å². The third-order valence-electron chi connectivity index (χ3n) is 2.65. The second-order valence-electron chi connectivity index (χ2n) is 4.24. The summed E-state index contributed by atoms with van der Waals surface area (Å²) >= 11 is 0. The predicted octanol–water partition coefficient (Wildman–Crippen LogP) is 0.681. The van der Waals surface area contributed by atoms with Crippen LogP contribution >= 0.6 is 0 Å².